The van der Waals surface area contributed by atoms with Gasteiger partial charge in [0, 0.05) is 11.4 Å². The number of urea groups is 1. The molecule has 28 heavy (non-hydrogen) atoms. The number of amides is 4. The Labute approximate surface area is 167 Å². The highest BCUT2D eigenvalue weighted by atomic mass is 35.5. The molecule has 0 unspecified atom stereocenters. The van der Waals surface area contributed by atoms with Crippen LogP contribution in [-0.2, 0) is 9.59 Å². The van der Waals surface area contributed by atoms with Gasteiger partial charge in [0.1, 0.15) is 18.3 Å². The summed E-state index contributed by atoms with van der Waals surface area (Å²) >= 11 is 6.05. The minimum atomic E-state index is -0.682. The Hall–Kier alpha value is -3.06. The standard InChI is InChI=1S/C20H20ClN3O4/c1-12-4-7-15(8-5-12)24-13(2)19(26)23(20(24)27)11-18(25)22-14-6-9-17(28-3)16(21)10-14/h4-10,13H,11H2,1-3H3,(H,22,25)/t13-/m0/s1. The van der Waals surface area contributed by atoms with E-state index in [4.69, 9.17) is 16.3 Å². The van der Waals surface area contributed by atoms with Crippen LogP contribution in [0, 0.1) is 6.92 Å². The average Bonchev–Trinajstić information content (AvgIpc) is 2.86. The molecular formula is C20H20ClN3O4. The lowest BCUT2D eigenvalue weighted by atomic mass is 10.2. The van der Waals surface area contributed by atoms with Crippen LogP contribution in [0.2, 0.25) is 5.02 Å². The molecule has 1 aliphatic heterocycles. The van der Waals surface area contributed by atoms with Gasteiger partial charge in [0.05, 0.1) is 12.1 Å². The van der Waals surface area contributed by atoms with Crippen molar-refractivity contribution in [2.24, 2.45) is 0 Å². The molecule has 0 spiro atoms. The van der Waals surface area contributed by atoms with Crippen molar-refractivity contribution in [3.05, 3.63) is 53.1 Å². The SMILES string of the molecule is COc1ccc(NC(=O)CN2C(=O)[C@H](C)N(c3ccc(C)cc3)C2=O)cc1Cl. The maximum absolute atomic E-state index is 12.8. The first kappa shape index (κ1) is 19.7. The summed E-state index contributed by atoms with van der Waals surface area (Å²) in [6.07, 6.45) is 0. The van der Waals surface area contributed by atoms with Gasteiger partial charge in [0.15, 0.2) is 0 Å². The summed E-state index contributed by atoms with van der Waals surface area (Å²) in [6, 6.07) is 10.9. The summed E-state index contributed by atoms with van der Waals surface area (Å²) in [4.78, 5) is 40.0. The van der Waals surface area contributed by atoms with Crippen LogP contribution in [0.4, 0.5) is 16.2 Å². The first-order valence-corrected chi connectivity index (χ1v) is 9.04. The number of imide groups is 1. The van der Waals surface area contributed by atoms with Crippen LogP contribution in [0.15, 0.2) is 42.5 Å². The molecule has 1 fully saturated rings. The van der Waals surface area contributed by atoms with E-state index in [1.807, 2.05) is 19.1 Å². The van der Waals surface area contributed by atoms with E-state index in [9.17, 15) is 14.4 Å². The zero-order chi connectivity index (χ0) is 20.4. The number of methoxy groups -OCH3 is 1. The lowest BCUT2D eigenvalue weighted by molar-refractivity contribution is -0.130. The lowest BCUT2D eigenvalue weighted by Crippen LogP contribution is -2.39. The maximum atomic E-state index is 12.8. The maximum Gasteiger partial charge on any atom is 0.332 e. The number of anilines is 2. The summed E-state index contributed by atoms with van der Waals surface area (Å²) in [5.41, 5.74) is 2.10. The zero-order valence-corrected chi connectivity index (χ0v) is 16.5. The number of carbonyl (C=O) groups is 3. The van der Waals surface area contributed by atoms with Crippen molar-refractivity contribution in [3.63, 3.8) is 0 Å². The smallest absolute Gasteiger partial charge is 0.332 e. The van der Waals surface area contributed by atoms with Crippen molar-refractivity contribution in [2.75, 3.05) is 23.9 Å². The molecule has 0 bridgehead atoms. The largest absolute Gasteiger partial charge is 0.495 e. The molecule has 0 aliphatic carbocycles. The zero-order valence-electron chi connectivity index (χ0n) is 15.7. The summed E-state index contributed by atoms with van der Waals surface area (Å²) in [5, 5.41) is 2.98. The van der Waals surface area contributed by atoms with Gasteiger partial charge in [-0.15, -0.1) is 0 Å². The quantitative estimate of drug-likeness (QED) is 0.778. The van der Waals surface area contributed by atoms with Crippen LogP contribution in [0.3, 0.4) is 0 Å². The fourth-order valence-corrected chi connectivity index (χ4v) is 3.26. The molecule has 8 heteroatoms. The van der Waals surface area contributed by atoms with Gasteiger partial charge >= 0.3 is 6.03 Å². The van der Waals surface area contributed by atoms with Crippen LogP contribution in [0.25, 0.3) is 0 Å². The molecule has 146 valence electrons. The number of halogens is 1. The Kier molecular flexibility index (Phi) is 5.56. The summed E-state index contributed by atoms with van der Waals surface area (Å²) in [6.45, 7) is 3.20. The fourth-order valence-electron chi connectivity index (χ4n) is 3.00. The molecule has 1 atom stereocenters. The molecule has 0 aromatic heterocycles. The molecule has 0 radical (unpaired) electrons. The number of nitrogens with one attached hydrogen (secondary N) is 1. The van der Waals surface area contributed by atoms with E-state index >= 15 is 0 Å². The van der Waals surface area contributed by atoms with Crippen molar-refractivity contribution >= 4 is 40.8 Å². The molecule has 1 heterocycles. The van der Waals surface area contributed by atoms with E-state index < -0.39 is 23.9 Å². The number of ether oxygens (including phenoxy) is 1. The second kappa shape index (κ2) is 7.90. The minimum Gasteiger partial charge on any atom is -0.495 e. The molecule has 1 N–H and O–H groups in total. The van der Waals surface area contributed by atoms with E-state index in [0.29, 0.717) is 22.1 Å². The number of hydrogen-bond acceptors (Lipinski definition) is 4. The average molecular weight is 402 g/mol. The number of nitrogens with zero attached hydrogens (tertiary/aromatic N) is 2. The highest BCUT2D eigenvalue weighted by Gasteiger charge is 2.44. The van der Waals surface area contributed by atoms with Gasteiger partial charge in [-0.25, -0.2) is 4.79 Å². The molecule has 7 nitrogen and oxygen atoms in total. The van der Waals surface area contributed by atoms with Crippen molar-refractivity contribution in [1.82, 2.24) is 4.90 Å². The normalized spacial score (nSPS) is 16.5. The molecule has 4 amide bonds. The van der Waals surface area contributed by atoms with Gasteiger partial charge in [-0.05, 0) is 44.2 Å². The molecule has 2 aromatic rings. The van der Waals surface area contributed by atoms with E-state index in [2.05, 4.69) is 5.32 Å². The van der Waals surface area contributed by atoms with Crippen LogP contribution in [0.5, 0.6) is 5.75 Å². The fraction of sp³-hybridized carbons (Fsp3) is 0.250. The number of hydrogen-bond donors (Lipinski definition) is 1. The van der Waals surface area contributed by atoms with Crippen molar-refractivity contribution in [1.29, 1.82) is 0 Å². The summed E-state index contributed by atoms with van der Waals surface area (Å²) in [7, 11) is 1.49. The second-order valence-corrected chi connectivity index (χ2v) is 6.89. The third-order valence-corrected chi connectivity index (χ3v) is 4.79. The molecule has 1 saturated heterocycles. The molecule has 1 aliphatic rings. The molecule has 0 saturated carbocycles. The summed E-state index contributed by atoms with van der Waals surface area (Å²) < 4.78 is 5.07. The van der Waals surface area contributed by atoms with Crippen molar-refractivity contribution in [2.45, 2.75) is 19.9 Å². The van der Waals surface area contributed by atoms with Crippen molar-refractivity contribution < 1.29 is 19.1 Å². The van der Waals surface area contributed by atoms with Gasteiger partial charge < -0.3 is 10.1 Å². The predicted molar refractivity (Wildman–Crippen MR) is 107 cm³/mol. The van der Waals surface area contributed by atoms with Gasteiger partial charge in [-0.3, -0.25) is 19.4 Å². The number of rotatable bonds is 5. The first-order chi connectivity index (χ1) is 13.3. The Morgan fingerprint density at radius 3 is 2.46 bits per heavy atom. The second-order valence-electron chi connectivity index (χ2n) is 6.49. The van der Waals surface area contributed by atoms with Crippen molar-refractivity contribution in [3.8, 4) is 5.75 Å². The van der Waals surface area contributed by atoms with Gasteiger partial charge in [-0.1, -0.05) is 29.3 Å². The lowest BCUT2D eigenvalue weighted by Gasteiger charge is -2.19. The third-order valence-electron chi connectivity index (χ3n) is 4.50. The number of aryl methyl sites for hydroxylation is 1. The van der Waals surface area contributed by atoms with Gasteiger partial charge in [0.25, 0.3) is 5.91 Å². The van der Waals surface area contributed by atoms with Crippen LogP contribution in [0.1, 0.15) is 12.5 Å². The van der Waals surface area contributed by atoms with Crippen LogP contribution >= 0.6 is 11.6 Å². The Morgan fingerprint density at radius 2 is 1.86 bits per heavy atom. The summed E-state index contributed by atoms with van der Waals surface area (Å²) in [5.74, 6) is -0.443. The topological polar surface area (TPSA) is 79.0 Å². The predicted octanol–water partition coefficient (Wildman–Crippen LogP) is 3.45. The number of carbonyl (C=O) groups excluding carboxylic acids is 3. The molecule has 3 rings (SSSR count). The van der Waals surface area contributed by atoms with E-state index in [0.717, 1.165) is 10.5 Å². The highest BCUT2D eigenvalue weighted by Crippen LogP contribution is 2.28. The number of benzene rings is 2. The van der Waals surface area contributed by atoms with E-state index in [1.54, 1.807) is 31.2 Å². The first-order valence-electron chi connectivity index (χ1n) is 8.66. The minimum absolute atomic E-state index is 0.341. The highest BCUT2D eigenvalue weighted by molar-refractivity contribution is 6.32. The van der Waals surface area contributed by atoms with Crippen LogP contribution in [-0.4, -0.2) is 42.4 Å². The molecule has 2 aromatic carbocycles. The van der Waals surface area contributed by atoms with E-state index in [1.165, 1.54) is 18.1 Å². The van der Waals surface area contributed by atoms with E-state index in [-0.39, 0.29) is 6.54 Å². The van der Waals surface area contributed by atoms with Crippen LogP contribution < -0.4 is 15.0 Å². The monoisotopic (exact) mass is 401 g/mol. The Morgan fingerprint density at radius 1 is 1.18 bits per heavy atom. The van der Waals surface area contributed by atoms with Gasteiger partial charge in [-0.2, -0.15) is 0 Å². The van der Waals surface area contributed by atoms with Gasteiger partial charge in [0.2, 0.25) is 5.91 Å². The Balaban J connectivity index is 1.72. The Bertz CT molecular complexity index is 930. The molecular weight excluding hydrogens is 382 g/mol. The third kappa shape index (κ3) is 3.80.